The molecule has 0 radical (unpaired) electrons. The SMILES string of the molecule is CC1CC1(N)CSc1ccccn1. The topological polar surface area (TPSA) is 38.9 Å². The number of pyridine rings is 1. The van der Waals surface area contributed by atoms with Crippen LogP contribution in [0.1, 0.15) is 13.3 Å². The molecule has 1 heterocycles. The summed E-state index contributed by atoms with van der Waals surface area (Å²) >= 11 is 1.76. The van der Waals surface area contributed by atoms with Gasteiger partial charge < -0.3 is 5.73 Å². The van der Waals surface area contributed by atoms with Crippen molar-refractivity contribution in [2.24, 2.45) is 11.7 Å². The lowest BCUT2D eigenvalue weighted by molar-refractivity contribution is 0.696. The maximum Gasteiger partial charge on any atom is 0.0960 e. The summed E-state index contributed by atoms with van der Waals surface area (Å²) in [6, 6.07) is 5.97. The van der Waals surface area contributed by atoms with E-state index >= 15 is 0 Å². The zero-order valence-electron chi connectivity index (χ0n) is 7.73. The summed E-state index contributed by atoms with van der Waals surface area (Å²) < 4.78 is 0. The highest BCUT2D eigenvalue weighted by atomic mass is 32.2. The highest BCUT2D eigenvalue weighted by Gasteiger charge is 2.47. The summed E-state index contributed by atoms with van der Waals surface area (Å²) in [4.78, 5) is 4.24. The molecule has 1 aliphatic rings. The molecule has 1 aromatic rings. The monoisotopic (exact) mass is 194 g/mol. The van der Waals surface area contributed by atoms with Crippen LogP contribution in [0.15, 0.2) is 29.4 Å². The summed E-state index contributed by atoms with van der Waals surface area (Å²) in [5, 5.41) is 1.08. The minimum atomic E-state index is 0.0855. The molecule has 13 heavy (non-hydrogen) atoms. The number of hydrogen-bond donors (Lipinski definition) is 1. The summed E-state index contributed by atoms with van der Waals surface area (Å²) in [6.45, 7) is 2.21. The fraction of sp³-hybridized carbons (Fsp3) is 0.500. The van der Waals surface area contributed by atoms with Gasteiger partial charge in [-0.25, -0.2) is 4.98 Å². The van der Waals surface area contributed by atoms with Crippen molar-refractivity contribution in [1.82, 2.24) is 4.98 Å². The Kier molecular flexibility index (Phi) is 2.30. The largest absolute Gasteiger partial charge is 0.324 e. The highest BCUT2D eigenvalue weighted by molar-refractivity contribution is 7.99. The van der Waals surface area contributed by atoms with Gasteiger partial charge in [-0.1, -0.05) is 13.0 Å². The predicted molar refractivity (Wildman–Crippen MR) is 55.7 cm³/mol. The lowest BCUT2D eigenvalue weighted by atomic mass is 10.3. The smallest absolute Gasteiger partial charge is 0.0960 e. The van der Waals surface area contributed by atoms with Gasteiger partial charge in [-0.3, -0.25) is 0 Å². The van der Waals surface area contributed by atoms with Crippen LogP contribution in [0.4, 0.5) is 0 Å². The van der Waals surface area contributed by atoms with Crippen molar-refractivity contribution in [2.75, 3.05) is 5.75 Å². The van der Waals surface area contributed by atoms with Crippen LogP contribution in [0.2, 0.25) is 0 Å². The minimum absolute atomic E-state index is 0.0855. The molecule has 3 heteroatoms. The van der Waals surface area contributed by atoms with Gasteiger partial charge >= 0.3 is 0 Å². The predicted octanol–water partition coefficient (Wildman–Crippen LogP) is 1.91. The molecule has 70 valence electrons. The quantitative estimate of drug-likeness (QED) is 0.747. The van der Waals surface area contributed by atoms with Crippen LogP contribution in [0.3, 0.4) is 0 Å². The molecule has 1 aromatic heterocycles. The van der Waals surface area contributed by atoms with Gasteiger partial charge in [0.05, 0.1) is 5.03 Å². The molecule has 0 amide bonds. The summed E-state index contributed by atoms with van der Waals surface area (Å²) in [5.41, 5.74) is 6.17. The van der Waals surface area contributed by atoms with E-state index in [1.807, 2.05) is 24.4 Å². The first-order valence-corrected chi connectivity index (χ1v) is 5.52. The molecule has 0 saturated heterocycles. The van der Waals surface area contributed by atoms with E-state index in [-0.39, 0.29) is 5.54 Å². The molecule has 2 nitrogen and oxygen atoms in total. The Labute approximate surface area is 82.9 Å². The Balaban J connectivity index is 1.87. The van der Waals surface area contributed by atoms with Crippen molar-refractivity contribution < 1.29 is 0 Å². The van der Waals surface area contributed by atoms with E-state index in [1.165, 1.54) is 0 Å². The molecule has 2 unspecified atom stereocenters. The first kappa shape index (κ1) is 9.03. The van der Waals surface area contributed by atoms with E-state index in [0.717, 1.165) is 17.2 Å². The Hall–Kier alpha value is -0.540. The van der Waals surface area contributed by atoms with Crippen molar-refractivity contribution in [3.05, 3.63) is 24.4 Å². The first-order chi connectivity index (χ1) is 6.21. The second-order valence-corrected chi connectivity index (χ2v) is 4.79. The Morgan fingerprint density at radius 3 is 3.00 bits per heavy atom. The zero-order valence-corrected chi connectivity index (χ0v) is 8.55. The van der Waals surface area contributed by atoms with Gasteiger partial charge in [0.15, 0.2) is 0 Å². The molecule has 0 spiro atoms. The van der Waals surface area contributed by atoms with Crippen molar-refractivity contribution in [1.29, 1.82) is 0 Å². The Morgan fingerprint density at radius 2 is 2.46 bits per heavy atom. The van der Waals surface area contributed by atoms with Gasteiger partial charge in [0.1, 0.15) is 0 Å². The molecule has 2 atom stereocenters. The number of thioether (sulfide) groups is 1. The van der Waals surface area contributed by atoms with Gasteiger partial charge in [-0.05, 0) is 24.5 Å². The van der Waals surface area contributed by atoms with E-state index in [0.29, 0.717) is 5.92 Å². The molecule has 2 N–H and O–H groups in total. The van der Waals surface area contributed by atoms with Crippen LogP contribution in [0.25, 0.3) is 0 Å². The number of rotatable bonds is 3. The minimum Gasteiger partial charge on any atom is -0.324 e. The average Bonchev–Trinajstić information content (AvgIpc) is 2.74. The van der Waals surface area contributed by atoms with Crippen LogP contribution < -0.4 is 5.73 Å². The van der Waals surface area contributed by atoms with E-state index in [9.17, 15) is 0 Å². The molecule has 1 saturated carbocycles. The maximum atomic E-state index is 6.09. The molecule has 1 aliphatic carbocycles. The third-order valence-corrected chi connectivity index (χ3v) is 3.85. The zero-order chi connectivity index (χ0) is 9.31. The van der Waals surface area contributed by atoms with Crippen molar-refractivity contribution in [2.45, 2.75) is 23.9 Å². The molecular weight excluding hydrogens is 180 g/mol. The van der Waals surface area contributed by atoms with Gasteiger partial charge in [0.25, 0.3) is 0 Å². The number of hydrogen-bond acceptors (Lipinski definition) is 3. The van der Waals surface area contributed by atoms with E-state index in [2.05, 4.69) is 11.9 Å². The molecular formula is C10H14N2S. The van der Waals surface area contributed by atoms with Gasteiger partial charge in [-0.15, -0.1) is 11.8 Å². The second-order valence-electron chi connectivity index (χ2n) is 3.79. The van der Waals surface area contributed by atoms with E-state index < -0.39 is 0 Å². The van der Waals surface area contributed by atoms with Crippen LogP contribution in [-0.4, -0.2) is 16.3 Å². The van der Waals surface area contributed by atoms with Crippen molar-refractivity contribution in [3.63, 3.8) is 0 Å². The third-order valence-electron chi connectivity index (χ3n) is 2.63. The second kappa shape index (κ2) is 3.31. The van der Waals surface area contributed by atoms with Crippen LogP contribution in [0, 0.1) is 5.92 Å². The molecule has 0 aliphatic heterocycles. The molecule has 1 fully saturated rings. The number of nitrogens with two attached hydrogens (primary N) is 1. The Morgan fingerprint density at radius 1 is 1.69 bits per heavy atom. The van der Waals surface area contributed by atoms with Crippen LogP contribution in [-0.2, 0) is 0 Å². The number of nitrogens with zero attached hydrogens (tertiary/aromatic N) is 1. The van der Waals surface area contributed by atoms with Gasteiger partial charge in [-0.2, -0.15) is 0 Å². The standard InChI is InChI=1S/C10H14N2S/c1-8-6-10(8,11)7-13-9-4-2-3-5-12-9/h2-5,8H,6-7,11H2,1H3. The highest BCUT2D eigenvalue weighted by Crippen LogP contribution is 2.43. The summed E-state index contributed by atoms with van der Waals surface area (Å²) in [6.07, 6.45) is 2.98. The van der Waals surface area contributed by atoms with Crippen molar-refractivity contribution in [3.8, 4) is 0 Å². The van der Waals surface area contributed by atoms with Crippen LogP contribution >= 0.6 is 11.8 Å². The lowest BCUT2D eigenvalue weighted by Gasteiger charge is -2.08. The Bertz CT molecular complexity index is 288. The summed E-state index contributed by atoms with van der Waals surface area (Å²) in [5.74, 6) is 1.68. The lowest BCUT2D eigenvalue weighted by Crippen LogP contribution is -2.27. The van der Waals surface area contributed by atoms with E-state index in [4.69, 9.17) is 5.73 Å². The normalized spacial score (nSPS) is 31.7. The fourth-order valence-electron chi connectivity index (χ4n) is 1.35. The summed E-state index contributed by atoms with van der Waals surface area (Å²) in [7, 11) is 0. The van der Waals surface area contributed by atoms with Crippen molar-refractivity contribution >= 4 is 11.8 Å². The van der Waals surface area contributed by atoms with Gasteiger partial charge in [0, 0.05) is 17.5 Å². The fourth-order valence-corrected chi connectivity index (χ4v) is 2.48. The van der Waals surface area contributed by atoms with Gasteiger partial charge in [0.2, 0.25) is 0 Å². The third kappa shape index (κ3) is 2.03. The number of aromatic nitrogens is 1. The maximum absolute atomic E-state index is 6.09. The molecule has 0 aromatic carbocycles. The van der Waals surface area contributed by atoms with Crippen LogP contribution in [0.5, 0.6) is 0 Å². The molecule has 0 bridgehead atoms. The first-order valence-electron chi connectivity index (χ1n) is 4.53. The average molecular weight is 194 g/mol. The molecule has 2 rings (SSSR count). The van der Waals surface area contributed by atoms with E-state index in [1.54, 1.807) is 11.8 Å².